The van der Waals surface area contributed by atoms with Gasteiger partial charge < -0.3 is 10.5 Å². The van der Waals surface area contributed by atoms with E-state index in [-0.39, 0.29) is 10.6 Å². The number of hydrogen-bond acceptors (Lipinski definition) is 6. The van der Waals surface area contributed by atoms with Gasteiger partial charge in [-0.2, -0.15) is 13.5 Å². The van der Waals surface area contributed by atoms with E-state index in [4.69, 9.17) is 15.0 Å². The SMILES string of the molecule is COc1cc(N=Nc2ccccc2S(=O)(=O)O)ccc1N. The lowest BCUT2D eigenvalue weighted by molar-refractivity contribution is 0.417. The van der Waals surface area contributed by atoms with Crippen molar-refractivity contribution in [1.82, 2.24) is 0 Å². The molecular weight excluding hydrogens is 294 g/mol. The lowest BCUT2D eigenvalue weighted by Crippen LogP contribution is -1.97. The number of azo groups is 1. The molecule has 110 valence electrons. The molecule has 0 fully saturated rings. The van der Waals surface area contributed by atoms with Crippen molar-refractivity contribution in [1.29, 1.82) is 0 Å². The first kappa shape index (κ1) is 14.9. The van der Waals surface area contributed by atoms with E-state index in [0.717, 1.165) is 0 Å². The van der Waals surface area contributed by atoms with Gasteiger partial charge >= 0.3 is 0 Å². The zero-order valence-electron chi connectivity index (χ0n) is 11.1. The van der Waals surface area contributed by atoms with Gasteiger partial charge in [0, 0.05) is 6.07 Å². The van der Waals surface area contributed by atoms with Crippen molar-refractivity contribution in [2.45, 2.75) is 4.90 Å². The van der Waals surface area contributed by atoms with E-state index >= 15 is 0 Å². The van der Waals surface area contributed by atoms with Gasteiger partial charge in [-0.05, 0) is 24.3 Å². The fraction of sp³-hybridized carbons (Fsp3) is 0.0769. The maximum Gasteiger partial charge on any atom is 0.296 e. The minimum atomic E-state index is -4.36. The second kappa shape index (κ2) is 5.90. The Balaban J connectivity index is 2.39. The minimum Gasteiger partial charge on any atom is -0.495 e. The Labute approximate surface area is 121 Å². The number of nitrogens with zero attached hydrogens (tertiary/aromatic N) is 2. The quantitative estimate of drug-likeness (QED) is 0.512. The highest BCUT2D eigenvalue weighted by molar-refractivity contribution is 7.86. The summed E-state index contributed by atoms with van der Waals surface area (Å²) in [6.45, 7) is 0. The highest BCUT2D eigenvalue weighted by Crippen LogP contribution is 2.29. The van der Waals surface area contributed by atoms with E-state index in [1.807, 2.05) is 0 Å². The Morgan fingerprint density at radius 3 is 2.52 bits per heavy atom. The Bertz CT molecular complexity index is 788. The molecule has 0 saturated carbocycles. The minimum absolute atomic E-state index is 0.0378. The first-order chi connectivity index (χ1) is 9.91. The summed E-state index contributed by atoms with van der Waals surface area (Å²) in [6, 6.07) is 10.5. The molecule has 2 aromatic carbocycles. The number of anilines is 1. The third-order valence-corrected chi connectivity index (χ3v) is 3.53. The molecule has 0 spiro atoms. The maximum atomic E-state index is 11.2. The number of ether oxygens (including phenoxy) is 1. The summed E-state index contributed by atoms with van der Waals surface area (Å²) >= 11 is 0. The second-order valence-corrected chi connectivity index (χ2v) is 5.46. The molecule has 0 aliphatic rings. The van der Waals surface area contributed by atoms with Crippen LogP contribution in [0.3, 0.4) is 0 Å². The van der Waals surface area contributed by atoms with Gasteiger partial charge in [0.15, 0.2) is 0 Å². The molecule has 0 heterocycles. The average molecular weight is 307 g/mol. The average Bonchev–Trinajstić information content (AvgIpc) is 2.45. The first-order valence-corrected chi connectivity index (χ1v) is 7.27. The van der Waals surface area contributed by atoms with Crippen LogP contribution in [0.1, 0.15) is 0 Å². The summed E-state index contributed by atoms with van der Waals surface area (Å²) in [5.74, 6) is 0.439. The molecule has 0 bridgehead atoms. The normalized spacial score (nSPS) is 11.7. The van der Waals surface area contributed by atoms with Gasteiger partial charge in [0.25, 0.3) is 10.1 Å². The fourth-order valence-corrected chi connectivity index (χ4v) is 2.26. The van der Waals surface area contributed by atoms with Crippen molar-refractivity contribution >= 4 is 27.2 Å². The number of methoxy groups -OCH3 is 1. The van der Waals surface area contributed by atoms with Crippen molar-refractivity contribution in [2.75, 3.05) is 12.8 Å². The molecule has 8 heteroatoms. The predicted molar refractivity (Wildman–Crippen MR) is 77.8 cm³/mol. The summed E-state index contributed by atoms with van der Waals surface area (Å²) in [6.07, 6.45) is 0. The second-order valence-electron chi connectivity index (χ2n) is 4.07. The van der Waals surface area contributed by atoms with Crippen LogP contribution in [-0.4, -0.2) is 20.1 Å². The standard InChI is InChI=1S/C13H13N3O4S/c1-20-12-8-9(6-7-10(12)14)15-16-11-4-2-3-5-13(11)21(17,18)19/h2-8H,14H2,1H3,(H,17,18,19). The number of nitrogens with two attached hydrogens (primary N) is 1. The molecule has 0 aromatic heterocycles. The van der Waals surface area contributed by atoms with Crippen LogP contribution >= 0.6 is 0 Å². The van der Waals surface area contributed by atoms with Crippen molar-refractivity contribution in [3.63, 3.8) is 0 Å². The lowest BCUT2D eigenvalue weighted by Gasteiger charge is -2.04. The third kappa shape index (κ3) is 3.56. The van der Waals surface area contributed by atoms with Crippen LogP contribution in [0, 0.1) is 0 Å². The Hall–Kier alpha value is -2.45. The monoisotopic (exact) mass is 307 g/mol. The van der Waals surface area contributed by atoms with Gasteiger partial charge in [0.2, 0.25) is 0 Å². The number of benzene rings is 2. The topological polar surface area (TPSA) is 114 Å². The zero-order valence-corrected chi connectivity index (χ0v) is 11.9. The molecule has 7 nitrogen and oxygen atoms in total. The highest BCUT2D eigenvalue weighted by Gasteiger charge is 2.14. The Kier molecular flexibility index (Phi) is 4.20. The first-order valence-electron chi connectivity index (χ1n) is 5.83. The Morgan fingerprint density at radius 2 is 1.86 bits per heavy atom. The number of nitrogen functional groups attached to an aromatic ring is 1. The van der Waals surface area contributed by atoms with Gasteiger partial charge in [0.05, 0.1) is 18.5 Å². The van der Waals surface area contributed by atoms with Crippen molar-refractivity contribution in [3.05, 3.63) is 42.5 Å². The van der Waals surface area contributed by atoms with Crippen LogP contribution in [0.5, 0.6) is 5.75 Å². The van der Waals surface area contributed by atoms with E-state index in [1.165, 1.54) is 25.3 Å². The number of rotatable bonds is 4. The van der Waals surface area contributed by atoms with Gasteiger partial charge in [-0.1, -0.05) is 12.1 Å². The lowest BCUT2D eigenvalue weighted by atomic mass is 10.2. The molecule has 0 aliphatic carbocycles. The summed E-state index contributed by atoms with van der Waals surface area (Å²) < 4.78 is 36.6. The molecule has 0 aliphatic heterocycles. The highest BCUT2D eigenvalue weighted by atomic mass is 32.2. The van der Waals surface area contributed by atoms with Crippen molar-refractivity contribution in [2.24, 2.45) is 10.2 Å². The summed E-state index contributed by atoms with van der Waals surface area (Å²) in [4.78, 5) is -0.309. The molecule has 0 atom stereocenters. The van der Waals surface area contributed by atoms with E-state index < -0.39 is 10.1 Å². The fourth-order valence-electron chi connectivity index (χ4n) is 1.63. The molecule has 0 radical (unpaired) electrons. The van der Waals surface area contributed by atoms with Crippen LogP contribution in [0.15, 0.2) is 57.6 Å². The van der Waals surface area contributed by atoms with Crippen LogP contribution in [0.25, 0.3) is 0 Å². The van der Waals surface area contributed by atoms with Crippen molar-refractivity contribution < 1.29 is 17.7 Å². The van der Waals surface area contributed by atoms with Crippen LogP contribution in [0.4, 0.5) is 17.1 Å². The summed E-state index contributed by atoms with van der Waals surface area (Å²) in [5.41, 5.74) is 6.61. The smallest absolute Gasteiger partial charge is 0.296 e. The third-order valence-electron chi connectivity index (χ3n) is 2.63. The van der Waals surface area contributed by atoms with Gasteiger partial charge in [0.1, 0.15) is 16.3 Å². The van der Waals surface area contributed by atoms with E-state index in [9.17, 15) is 8.42 Å². The van der Waals surface area contributed by atoms with Crippen LogP contribution in [-0.2, 0) is 10.1 Å². The molecule has 0 unspecified atom stereocenters. The van der Waals surface area contributed by atoms with Gasteiger partial charge in [-0.25, -0.2) is 0 Å². The molecular formula is C13H13N3O4S. The maximum absolute atomic E-state index is 11.2. The molecule has 0 saturated heterocycles. The van der Waals surface area contributed by atoms with Crippen LogP contribution < -0.4 is 10.5 Å². The Morgan fingerprint density at radius 1 is 1.14 bits per heavy atom. The van der Waals surface area contributed by atoms with Gasteiger partial charge in [-0.3, -0.25) is 4.55 Å². The van der Waals surface area contributed by atoms with E-state index in [1.54, 1.807) is 24.3 Å². The molecule has 3 N–H and O–H groups in total. The largest absolute Gasteiger partial charge is 0.495 e. The van der Waals surface area contributed by atoms with Crippen molar-refractivity contribution in [3.8, 4) is 5.75 Å². The zero-order chi connectivity index (χ0) is 15.5. The summed E-state index contributed by atoms with van der Waals surface area (Å²) in [7, 11) is -2.88. The van der Waals surface area contributed by atoms with Crippen LogP contribution in [0.2, 0.25) is 0 Å². The predicted octanol–water partition coefficient (Wildman–Crippen LogP) is 2.94. The van der Waals surface area contributed by atoms with Gasteiger partial charge in [-0.15, -0.1) is 5.11 Å². The summed E-state index contributed by atoms with van der Waals surface area (Å²) in [5, 5.41) is 7.75. The molecule has 21 heavy (non-hydrogen) atoms. The van der Waals surface area contributed by atoms with E-state index in [0.29, 0.717) is 17.1 Å². The number of hydrogen-bond donors (Lipinski definition) is 2. The molecule has 2 rings (SSSR count). The molecule has 0 amide bonds. The molecule has 2 aromatic rings. The van der Waals surface area contributed by atoms with E-state index in [2.05, 4.69) is 10.2 Å².